The van der Waals surface area contributed by atoms with Crippen molar-refractivity contribution in [3.05, 3.63) is 35.9 Å². The first kappa shape index (κ1) is 16.4. The zero-order chi connectivity index (χ0) is 16.1. The van der Waals surface area contributed by atoms with Gasteiger partial charge in [0.05, 0.1) is 12.1 Å². The summed E-state index contributed by atoms with van der Waals surface area (Å²) in [5.74, 6) is -1.21. The van der Waals surface area contributed by atoms with Crippen LogP contribution >= 0.6 is 0 Å². The number of hydrogen-bond acceptors (Lipinski definition) is 5. The summed E-state index contributed by atoms with van der Waals surface area (Å²) in [5, 5.41) is 23.9. The molecule has 2 rings (SSSR count). The third-order valence-electron chi connectivity index (χ3n) is 3.84. The lowest BCUT2D eigenvalue weighted by Gasteiger charge is -2.22. The molecule has 0 unspecified atom stereocenters. The molecule has 0 bridgehead atoms. The number of benzene rings is 1. The van der Waals surface area contributed by atoms with Gasteiger partial charge in [-0.25, -0.2) is 5.48 Å². The van der Waals surface area contributed by atoms with Crippen LogP contribution in [-0.4, -0.2) is 40.3 Å². The summed E-state index contributed by atoms with van der Waals surface area (Å²) in [4.78, 5) is 23.6. The fraction of sp³-hybridized carbons (Fsp3) is 0.467. The topological polar surface area (TPSA) is 111 Å². The van der Waals surface area contributed by atoms with E-state index in [9.17, 15) is 14.7 Å². The number of carbonyl (C=O) groups excluding carboxylic acids is 2. The SMILES string of the molecule is C[C@@H](O)[C@H](NC(=O)[C@@H]1CC[C@H](c2ccccc2)N1)C(=O)NO. The monoisotopic (exact) mass is 307 g/mol. The molecule has 0 spiro atoms. The minimum absolute atomic E-state index is 0.0913. The lowest BCUT2D eigenvalue weighted by Crippen LogP contribution is -2.55. The zero-order valence-corrected chi connectivity index (χ0v) is 12.3. The number of nitrogens with one attached hydrogen (secondary N) is 3. The van der Waals surface area contributed by atoms with Crippen molar-refractivity contribution in [2.45, 2.75) is 44.0 Å². The Morgan fingerprint density at radius 2 is 1.95 bits per heavy atom. The minimum atomic E-state index is -1.19. The second-order valence-electron chi connectivity index (χ2n) is 5.46. The van der Waals surface area contributed by atoms with Gasteiger partial charge in [-0.1, -0.05) is 30.3 Å². The second-order valence-corrected chi connectivity index (χ2v) is 5.46. The summed E-state index contributed by atoms with van der Waals surface area (Å²) < 4.78 is 0. The van der Waals surface area contributed by atoms with Crippen molar-refractivity contribution in [3.8, 4) is 0 Å². The van der Waals surface area contributed by atoms with E-state index in [1.54, 1.807) is 0 Å². The van der Waals surface area contributed by atoms with Crippen LogP contribution in [0.3, 0.4) is 0 Å². The van der Waals surface area contributed by atoms with Crippen molar-refractivity contribution in [2.75, 3.05) is 0 Å². The van der Waals surface area contributed by atoms with Crippen LogP contribution in [0.1, 0.15) is 31.4 Å². The van der Waals surface area contributed by atoms with E-state index in [4.69, 9.17) is 5.21 Å². The maximum absolute atomic E-state index is 12.2. The Morgan fingerprint density at radius 1 is 1.27 bits per heavy atom. The van der Waals surface area contributed by atoms with Crippen LogP contribution in [0.2, 0.25) is 0 Å². The van der Waals surface area contributed by atoms with Crippen molar-refractivity contribution in [2.24, 2.45) is 0 Å². The van der Waals surface area contributed by atoms with E-state index in [0.29, 0.717) is 6.42 Å². The Balaban J connectivity index is 1.95. The first-order valence-corrected chi connectivity index (χ1v) is 7.26. The molecule has 0 saturated carbocycles. The molecule has 1 saturated heterocycles. The highest BCUT2D eigenvalue weighted by molar-refractivity contribution is 5.89. The van der Waals surface area contributed by atoms with Crippen molar-refractivity contribution >= 4 is 11.8 Å². The molecule has 7 nitrogen and oxygen atoms in total. The van der Waals surface area contributed by atoms with Crippen LogP contribution in [-0.2, 0) is 9.59 Å². The molecule has 22 heavy (non-hydrogen) atoms. The van der Waals surface area contributed by atoms with E-state index in [1.807, 2.05) is 30.3 Å². The highest BCUT2D eigenvalue weighted by Crippen LogP contribution is 2.26. The molecular weight excluding hydrogens is 286 g/mol. The van der Waals surface area contributed by atoms with Gasteiger partial charge in [0.15, 0.2) is 0 Å². The fourth-order valence-corrected chi connectivity index (χ4v) is 2.63. The second kappa shape index (κ2) is 7.35. The van der Waals surface area contributed by atoms with Gasteiger partial charge in [0.25, 0.3) is 5.91 Å². The molecule has 0 radical (unpaired) electrons. The number of aliphatic hydroxyl groups excluding tert-OH is 1. The van der Waals surface area contributed by atoms with Gasteiger partial charge in [0, 0.05) is 6.04 Å². The van der Waals surface area contributed by atoms with Gasteiger partial charge in [-0.05, 0) is 25.3 Å². The molecule has 7 heteroatoms. The first-order valence-electron chi connectivity index (χ1n) is 7.26. The highest BCUT2D eigenvalue weighted by atomic mass is 16.5. The molecule has 1 aromatic rings. The lowest BCUT2D eigenvalue weighted by atomic mass is 10.1. The predicted molar refractivity (Wildman–Crippen MR) is 78.9 cm³/mol. The van der Waals surface area contributed by atoms with Crippen molar-refractivity contribution in [1.82, 2.24) is 16.1 Å². The summed E-state index contributed by atoms with van der Waals surface area (Å²) in [6.07, 6.45) is 0.342. The molecule has 1 aliphatic heterocycles. The van der Waals surface area contributed by atoms with Crippen LogP contribution < -0.4 is 16.1 Å². The predicted octanol–water partition coefficient (Wildman–Crippen LogP) is -0.149. The minimum Gasteiger partial charge on any atom is -0.391 e. The Kier molecular flexibility index (Phi) is 5.48. The number of aliphatic hydroxyl groups is 1. The quantitative estimate of drug-likeness (QED) is 0.384. The third kappa shape index (κ3) is 3.82. The molecule has 0 aromatic heterocycles. The van der Waals surface area contributed by atoms with Crippen LogP contribution in [0.5, 0.6) is 0 Å². The Hall–Kier alpha value is -1.96. The average molecular weight is 307 g/mol. The largest absolute Gasteiger partial charge is 0.391 e. The fourth-order valence-electron chi connectivity index (χ4n) is 2.63. The van der Waals surface area contributed by atoms with Crippen LogP contribution in [0, 0.1) is 0 Å². The number of hydroxylamine groups is 1. The van der Waals surface area contributed by atoms with E-state index < -0.39 is 24.1 Å². The van der Waals surface area contributed by atoms with Gasteiger partial charge < -0.3 is 10.4 Å². The standard InChI is InChI=1S/C15H21N3O4/c1-9(19)13(15(21)18-22)17-14(20)12-8-7-11(16-12)10-5-3-2-4-6-10/h2-6,9,11-13,16,19,22H,7-8H2,1H3,(H,17,20)(H,18,21)/t9-,11-,12+,13+/m1/s1. The van der Waals surface area contributed by atoms with Gasteiger partial charge in [0.1, 0.15) is 6.04 Å². The Morgan fingerprint density at radius 3 is 2.55 bits per heavy atom. The molecule has 1 aromatic carbocycles. The van der Waals surface area contributed by atoms with E-state index in [0.717, 1.165) is 12.0 Å². The van der Waals surface area contributed by atoms with E-state index in [2.05, 4.69) is 10.6 Å². The van der Waals surface area contributed by atoms with Crippen molar-refractivity contribution in [1.29, 1.82) is 0 Å². The van der Waals surface area contributed by atoms with Gasteiger partial charge in [-0.2, -0.15) is 0 Å². The summed E-state index contributed by atoms with van der Waals surface area (Å²) in [7, 11) is 0. The molecular formula is C15H21N3O4. The summed E-state index contributed by atoms with van der Waals surface area (Å²) in [6, 6.07) is 8.29. The summed E-state index contributed by atoms with van der Waals surface area (Å²) in [6.45, 7) is 1.37. The summed E-state index contributed by atoms with van der Waals surface area (Å²) >= 11 is 0. The molecule has 0 aliphatic carbocycles. The third-order valence-corrected chi connectivity index (χ3v) is 3.84. The molecule has 5 N–H and O–H groups in total. The van der Waals surface area contributed by atoms with Crippen LogP contribution in [0.15, 0.2) is 30.3 Å². The van der Waals surface area contributed by atoms with E-state index >= 15 is 0 Å². The number of rotatable bonds is 5. The molecule has 1 heterocycles. The van der Waals surface area contributed by atoms with Gasteiger partial charge in [0.2, 0.25) is 5.91 Å². The molecule has 4 atom stereocenters. The molecule has 1 aliphatic rings. The highest BCUT2D eigenvalue weighted by Gasteiger charge is 2.33. The van der Waals surface area contributed by atoms with Gasteiger partial charge in [-0.3, -0.25) is 20.1 Å². The maximum atomic E-state index is 12.2. The van der Waals surface area contributed by atoms with Crippen molar-refractivity contribution < 1.29 is 19.9 Å². The Labute approximate surface area is 128 Å². The Bertz CT molecular complexity index is 521. The average Bonchev–Trinajstić information content (AvgIpc) is 3.02. The number of carbonyl (C=O) groups is 2. The molecule has 1 fully saturated rings. The first-order chi connectivity index (χ1) is 10.5. The zero-order valence-electron chi connectivity index (χ0n) is 12.3. The number of hydrogen-bond donors (Lipinski definition) is 5. The van der Waals surface area contributed by atoms with Gasteiger partial charge in [-0.15, -0.1) is 0 Å². The van der Waals surface area contributed by atoms with Crippen LogP contribution in [0.4, 0.5) is 0 Å². The van der Waals surface area contributed by atoms with Gasteiger partial charge >= 0.3 is 0 Å². The number of amides is 2. The smallest absolute Gasteiger partial charge is 0.268 e. The molecule has 120 valence electrons. The van der Waals surface area contributed by atoms with Crippen molar-refractivity contribution in [3.63, 3.8) is 0 Å². The van der Waals surface area contributed by atoms with Crippen LogP contribution in [0.25, 0.3) is 0 Å². The maximum Gasteiger partial charge on any atom is 0.268 e. The summed E-state index contributed by atoms with van der Waals surface area (Å²) in [5.41, 5.74) is 2.55. The van der Waals surface area contributed by atoms with E-state index in [-0.39, 0.29) is 11.9 Å². The molecule has 2 amide bonds. The normalized spacial score (nSPS) is 23.6. The lowest BCUT2D eigenvalue weighted by molar-refractivity contribution is -0.138. The van der Waals surface area contributed by atoms with E-state index in [1.165, 1.54) is 12.4 Å².